The molecule has 7 rings (SSSR count). The van der Waals surface area contributed by atoms with Gasteiger partial charge in [-0.1, -0.05) is 48.5 Å². The molecule has 1 aliphatic heterocycles. The largest absolute Gasteiger partial charge is 0.496 e. The standard InChI is InChI=1S/C43H44N2O3PS2/c1-7-44(8-2)31-23-19-29(20-24-31)38-27-36-42(50-38)41(40-34(47-5)17-14-18-35(40)48-6)43-37(49(36,46)33-15-12-11-13-16-33)28-39(51-43)30-21-25-32(26-22-30)45(9-3)10-4/h11-28H,7-10H2,1-6H3/q+1. The lowest BCUT2D eigenvalue weighted by Crippen LogP contribution is -2.37. The highest BCUT2D eigenvalue weighted by Gasteiger charge is 2.41. The van der Waals surface area contributed by atoms with Crippen LogP contribution in [0.3, 0.4) is 0 Å². The average molecular weight is 732 g/mol. The topological polar surface area (TPSA) is 41.8 Å². The first-order valence-corrected chi connectivity index (χ1v) is 21.0. The molecule has 0 amide bonds. The van der Waals surface area contributed by atoms with Crippen LogP contribution in [0.5, 0.6) is 11.5 Å². The quantitative estimate of drug-likeness (QED) is 0.110. The third-order valence-corrected chi connectivity index (χ3v) is 15.7. The number of allylic oxidation sites excluding steroid dienone is 4. The number of hydrogen-bond acceptors (Lipinski definition) is 6. The van der Waals surface area contributed by atoms with E-state index in [1.54, 1.807) is 36.9 Å². The van der Waals surface area contributed by atoms with E-state index in [9.17, 15) is 0 Å². The zero-order chi connectivity index (χ0) is 35.7. The van der Waals surface area contributed by atoms with E-state index >= 15 is 4.57 Å². The molecule has 1 aliphatic carbocycles. The lowest BCUT2D eigenvalue weighted by Gasteiger charge is -2.25. The second-order valence-electron chi connectivity index (χ2n) is 12.4. The number of fused-ring (bicyclic) bond motifs is 2. The van der Waals surface area contributed by atoms with Crippen molar-refractivity contribution in [3.8, 4) is 21.9 Å². The highest BCUT2D eigenvalue weighted by molar-refractivity contribution is 7.86. The first-order chi connectivity index (χ1) is 24.9. The van der Waals surface area contributed by atoms with Crippen LogP contribution in [-0.4, -0.2) is 50.7 Å². The van der Waals surface area contributed by atoms with Crippen molar-refractivity contribution in [3.63, 3.8) is 0 Å². The number of hydrogen-bond donors (Lipinski definition) is 0. The van der Waals surface area contributed by atoms with Gasteiger partial charge >= 0.3 is 0 Å². The van der Waals surface area contributed by atoms with Crippen LogP contribution in [0.4, 0.5) is 5.69 Å². The van der Waals surface area contributed by atoms with E-state index in [0.29, 0.717) is 0 Å². The number of ether oxygens (including phenoxy) is 2. The van der Waals surface area contributed by atoms with Crippen molar-refractivity contribution in [2.24, 2.45) is 0 Å². The van der Waals surface area contributed by atoms with Crippen molar-refractivity contribution in [2.45, 2.75) is 27.7 Å². The van der Waals surface area contributed by atoms with Gasteiger partial charge in [0.2, 0.25) is 0 Å². The Labute approximate surface area is 309 Å². The summed E-state index contributed by atoms with van der Waals surface area (Å²) in [5, 5.41) is 2.55. The summed E-state index contributed by atoms with van der Waals surface area (Å²) in [6.07, 6.45) is 8.77. The highest BCUT2D eigenvalue weighted by atomic mass is 32.1. The molecule has 5 nitrogen and oxygen atoms in total. The molecule has 3 heterocycles. The molecule has 8 heteroatoms. The van der Waals surface area contributed by atoms with E-state index in [1.165, 1.54) is 11.4 Å². The SMILES string of the molecule is CCN(CC)c1ccc(-c2cc3c(s2)C(c2c(OC)cccc2OC)=c2sc(=C4C=CC(=[N+](CC)CC)C=C4)cc2P3(=O)c2ccccc2)cc1. The van der Waals surface area contributed by atoms with E-state index in [2.05, 4.69) is 97.9 Å². The summed E-state index contributed by atoms with van der Waals surface area (Å²) < 4.78 is 32.7. The van der Waals surface area contributed by atoms with Crippen LogP contribution in [0.15, 0.2) is 109 Å². The fourth-order valence-corrected chi connectivity index (χ4v) is 13.5. The maximum Gasteiger partial charge on any atom is 0.199 e. The summed E-state index contributed by atoms with van der Waals surface area (Å²) >= 11 is 3.40. The number of methoxy groups -OCH3 is 2. The van der Waals surface area contributed by atoms with E-state index in [1.807, 2.05) is 48.5 Å². The minimum absolute atomic E-state index is 0.717. The number of rotatable bonds is 10. The molecule has 2 aromatic heterocycles. The Morgan fingerprint density at radius 1 is 0.725 bits per heavy atom. The maximum atomic E-state index is 16.2. The highest BCUT2D eigenvalue weighted by Crippen LogP contribution is 2.52. The summed E-state index contributed by atoms with van der Waals surface area (Å²) in [5.74, 6) is 1.43. The number of anilines is 1. The van der Waals surface area contributed by atoms with E-state index in [4.69, 9.17) is 9.47 Å². The lowest BCUT2D eigenvalue weighted by molar-refractivity contribution is -0.519. The summed E-state index contributed by atoms with van der Waals surface area (Å²) in [7, 11) is 0.0848. The molecule has 51 heavy (non-hydrogen) atoms. The molecule has 1 atom stereocenters. The van der Waals surface area contributed by atoms with E-state index in [0.717, 1.165) is 94.7 Å². The van der Waals surface area contributed by atoms with Gasteiger partial charge in [-0.3, -0.25) is 0 Å². The predicted octanol–water partition coefficient (Wildman–Crippen LogP) is 7.31. The third kappa shape index (κ3) is 6.05. The molecule has 2 aliphatic rings. The second-order valence-corrected chi connectivity index (χ2v) is 17.2. The monoisotopic (exact) mass is 731 g/mol. The van der Waals surface area contributed by atoms with Crippen molar-refractivity contribution in [1.29, 1.82) is 0 Å². The second kappa shape index (κ2) is 14.7. The Morgan fingerprint density at radius 3 is 1.96 bits per heavy atom. The lowest BCUT2D eigenvalue weighted by atomic mass is 10.0. The molecule has 0 bridgehead atoms. The fraction of sp³-hybridized carbons (Fsp3) is 0.233. The Balaban J connectivity index is 1.56. The molecule has 0 saturated carbocycles. The molecular weight excluding hydrogens is 688 g/mol. The van der Waals surface area contributed by atoms with Gasteiger partial charge in [0.25, 0.3) is 0 Å². The van der Waals surface area contributed by atoms with Gasteiger partial charge in [-0.25, -0.2) is 4.58 Å². The minimum atomic E-state index is -3.32. The fourth-order valence-electron chi connectivity index (χ4n) is 7.20. The van der Waals surface area contributed by atoms with Gasteiger partial charge in [0, 0.05) is 71.2 Å². The summed E-state index contributed by atoms with van der Waals surface area (Å²) in [6, 6.07) is 29.1. The maximum absolute atomic E-state index is 16.2. The minimum Gasteiger partial charge on any atom is -0.496 e. The van der Waals surface area contributed by atoms with Crippen LogP contribution in [-0.2, 0) is 4.57 Å². The van der Waals surface area contributed by atoms with Gasteiger partial charge < -0.3 is 18.9 Å². The van der Waals surface area contributed by atoms with Crippen LogP contribution in [0.25, 0.3) is 21.6 Å². The molecule has 1 unspecified atom stereocenters. The van der Waals surface area contributed by atoms with Gasteiger partial charge in [-0.15, -0.1) is 22.7 Å². The molecule has 0 fully saturated rings. The van der Waals surface area contributed by atoms with Crippen LogP contribution in [0.2, 0.25) is 0 Å². The molecule has 0 saturated heterocycles. The van der Waals surface area contributed by atoms with Crippen LogP contribution < -0.4 is 39.4 Å². The first kappa shape index (κ1) is 35.0. The van der Waals surface area contributed by atoms with Gasteiger partial charge in [0.15, 0.2) is 12.9 Å². The molecular formula is C43H44N2O3PS2+. The molecule has 3 aromatic carbocycles. The smallest absolute Gasteiger partial charge is 0.199 e. The van der Waals surface area contributed by atoms with Crippen LogP contribution >= 0.6 is 29.8 Å². The molecule has 0 N–H and O–H groups in total. The number of benzene rings is 3. The van der Waals surface area contributed by atoms with Crippen molar-refractivity contribution in [2.75, 3.05) is 45.3 Å². The number of nitrogens with zero attached hydrogens (tertiary/aromatic N) is 2. The van der Waals surface area contributed by atoms with Crippen molar-refractivity contribution in [1.82, 2.24) is 0 Å². The Hall–Kier alpha value is -4.42. The molecule has 0 radical (unpaired) electrons. The summed E-state index contributed by atoms with van der Waals surface area (Å²) in [6.45, 7) is 12.5. The van der Waals surface area contributed by atoms with Crippen LogP contribution in [0, 0.1) is 0 Å². The Bertz CT molecular complexity index is 2320. The molecule has 260 valence electrons. The van der Waals surface area contributed by atoms with Crippen molar-refractivity contribution in [3.05, 3.63) is 129 Å². The van der Waals surface area contributed by atoms with E-state index in [-0.39, 0.29) is 0 Å². The normalized spacial score (nSPS) is 16.2. The summed E-state index contributed by atoms with van der Waals surface area (Å²) in [4.78, 5) is 4.42. The zero-order valence-corrected chi connectivity index (χ0v) is 32.6. The predicted molar refractivity (Wildman–Crippen MR) is 219 cm³/mol. The summed E-state index contributed by atoms with van der Waals surface area (Å²) in [5.41, 5.74) is 6.49. The third-order valence-electron chi connectivity index (χ3n) is 9.92. The molecule has 5 aromatic rings. The van der Waals surface area contributed by atoms with E-state index < -0.39 is 7.14 Å². The Morgan fingerprint density at radius 2 is 1.37 bits per heavy atom. The average Bonchev–Trinajstić information content (AvgIpc) is 3.84. The Kier molecular flexibility index (Phi) is 10.1. The van der Waals surface area contributed by atoms with Crippen molar-refractivity contribution < 1.29 is 18.6 Å². The zero-order valence-electron chi connectivity index (χ0n) is 30.1. The van der Waals surface area contributed by atoms with Gasteiger partial charge in [-0.2, -0.15) is 0 Å². The first-order valence-electron chi connectivity index (χ1n) is 17.6. The van der Waals surface area contributed by atoms with Crippen LogP contribution in [0.1, 0.15) is 38.1 Å². The van der Waals surface area contributed by atoms with Gasteiger partial charge in [0.05, 0.1) is 19.8 Å². The number of thiophene rings is 2. The van der Waals surface area contributed by atoms with Gasteiger partial charge in [0.1, 0.15) is 24.6 Å². The van der Waals surface area contributed by atoms with Gasteiger partial charge in [-0.05, 0) is 87.4 Å². The molecule has 0 spiro atoms. The van der Waals surface area contributed by atoms with Crippen molar-refractivity contribution >= 4 is 68.3 Å².